The molecule has 200 valence electrons. The van der Waals surface area contributed by atoms with Crippen molar-refractivity contribution in [2.24, 2.45) is 0 Å². The van der Waals surface area contributed by atoms with Crippen LogP contribution in [0.15, 0.2) is 126 Å². The van der Waals surface area contributed by atoms with E-state index in [-0.39, 0.29) is 5.41 Å². The van der Waals surface area contributed by atoms with Gasteiger partial charge in [0.1, 0.15) is 0 Å². The molecule has 0 aliphatic carbocycles. The molecule has 2 nitrogen and oxygen atoms in total. The van der Waals surface area contributed by atoms with Crippen molar-refractivity contribution in [2.75, 3.05) is 0 Å². The van der Waals surface area contributed by atoms with Gasteiger partial charge in [0.05, 0.1) is 22.1 Å². The van der Waals surface area contributed by atoms with E-state index in [1.165, 1.54) is 49.5 Å². The third-order valence-electron chi connectivity index (χ3n) is 7.92. The molecule has 0 saturated heterocycles. The Labute approximate surface area is 249 Å². The SMILES string of the molecule is CC(C)(C)c1ccc(/C=C/c2ccc3c(c2)n(-c2ccccc2)c2c4ccc(Br)cc4n(-c4ccccc4)c32)cc1. The number of aromatic nitrogens is 2. The number of hydrogen-bond acceptors (Lipinski definition) is 0. The Morgan fingerprint density at radius 1 is 0.537 bits per heavy atom. The highest BCUT2D eigenvalue weighted by molar-refractivity contribution is 9.10. The summed E-state index contributed by atoms with van der Waals surface area (Å²) in [5, 5.41) is 2.45. The van der Waals surface area contributed by atoms with Crippen LogP contribution in [0, 0.1) is 0 Å². The van der Waals surface area contributed by atoms with Gasteiger partial charge >= 0.3 is 0 Å². The van der Waals surface area contributed by atoms with Gasteiger partial charge in [-0.25, -0.2) is 0 Å². The summed E-state index contributed by atoms with van der Waals surface area (Å²) in [6, 6.07) is 43.7. The molecule has 0 saturated carbocycles. The van der Waals surface area contributed by atoms with Gasteiger partial charge in [-0.05, 0) is 70.6 Å². The van der Waals surface area contributed by atoms with Crippen molar-refractivity contribution in [3.8, 4) is 11.4 Å². The molecule has 2 aromatic heterocycles. The average molecular weight is 596 g/mol. The molecule has 0 aliphatic rings. The Morgan fingerprint density at radius 3 is 1.59 bits per heavy atom. The van der Waals surface area contributed by atoms with Gasteiger partial charge in [-0.1, -0.05) is 122 Å². The van der Waals surface area contributed by atoms with Crippen LogP contribution in [0.5, 0.6) is 0 Å². The molecule has 0 radical (unpaired) electrons. The molecule has 7 aromatic rings. The summed E-state index contributed by atoms with van der Waals surface area (Å²) in [4.78, 5) is 0. The second-order valence-corrected chi connectivity index (χ2v) is 12.6. The van der Waals surface area contributed by atoms with Gasteiger partial charge in [0.25, 0.3) is 0 Å². The lowest BCUT2D eigenvalue weighted by molar-refractivity contribution is 0.590. The maximum absolute atomic E-state index is 3.73. The molecule has 3 heteroatoms. The lowest BCUT2D eigenvalue weighted by Crippen LogP contribution is -2.10. The first-order chi connectivity index (χ1) is 19.9. The Morgan fingerprint density at radius 2 is 1.02 bits per heavy atom. The molecular formula is C38H31BrN2. The molecule has 0 N–H and O–H groups in total. The Balaban J connectivity index is 1.48. The van der Waals surface area contributed by atoms with E-state index in [0.717, 1.165) is 15.8 Å². The maximum Gasteiger partial charge on any atom is 0.0803 e. The molecule has 0 atom stereocenters. The molecule has 0 aliphatic heterocycles. The summed E-state index contributed by atoms with van der Waals surface area (Å²) in [6.07, 6.45) is 4.43. The first kappa shape index (κ1) is 25.6. The number of para-hydroxylation sites is 2. The van der Waals surface area contributed by atoms with Crippen molar-refractivity contribution >= 4 is 60.9 Å². The van der Waals surface area contributed by atoms with E-state index in [1.54, 1.807) is 0 Å². The summed E-state index contributed by atoms with van der Waals surface area (Å²) >= 11 is 3.73. The van der Waals surface area contributed by atoms with E-state index in [2.05, 4.69) is 179 Å². The average Bonchev–Trinajstić information content (AvgIpc) is 3.48. The van der Waals surface area contributed by atoms with Gasteiger partial charge in [0.15, 0.2) is 0 Å². The summed E-state index contributed by atoms with van der Waals surface area (Å²) in [7, 11) is 0. The van der Waals surface area contributed by atoms with Gasteiger partial charge in [0, 0.05) is 26.6 Å². The lowest BCUT2D eigenvalue weighted by atomic mass is 9.87. The summed E-state index contributed by atoms with van der Waals surface area (Å²) in [5.41, 5.74) is 11.0. The Hall–Kier alpha value is -4.34. The number of halogens is 1. The summed E-state index contributed by atoms with van der Waals surface area (Å²) in [6.45, 7) is 6.76. The fraction of sp³-hybridized carbons (Fsp3) is 0.105. The molecule has 7 rings (SSSR count). The largest absolute Gasteiger partial charge is 0.307 e. The van der Waals surface area contributed by atoms with E-state index in [9.17, 15) is 0 Å². The third-order valence-corrected chi connectivity index (χ3v) is 8.41. The minimum atomic E-state index is 0.152. The topological polar surface area (TPSA) is 9.86 Å². The minimum absolute atomic E-state index is 0.152. The van der Waals surface area contributed by atoms with Crippen molar-refractivity contribution < 1.29 is 0 Å². The standard InChI is InChI=1S/C38H31BrN2/c1-38(2,3)28-19-16-26(17-20-28)14-15-27-18-22-32-34(24-27)40(30-10-6-4-7-11-30)37-33-23-21-29(39)25-35(33)41(36(32)37)31-12-8-5-9-13-31/h4-25H,1-3H3/b15-14+. The van der Waals surface area contributed by atoms with Crippen LogP contribution in [-0.4, -0.2) is 9.13 Å². The van der Waals surface area contributed by atoms with E-state index < -0.39 is 0 Å². The van der Waals surface area contributed by atoms with Crippen LogP contribution in [0.3, 0.4) is 0 Å². The minimum Gasteiger partial charge on any atom is -0.307 e. The molecule has 0 spiro atoms. The van der Waals surface area contributed by atoms with Crippen LogP contribution in [0.2, 0.25) is 0 Å². The monoisotopic (exact) mass is 594 g/mol. The van der Waals surface area contributed by atoms with Gasteiger partial charge in [-0.2, -0.15) is 0 Å². The zero-order valence-electron chi connectivity index (χ0n) is 23.5. The number of rotatable bonds is 4. The third kappa shape index (κ3) is 4.51. The van der Waals surface area contributed by atoms with E-state index in [4.69, 9.17) is 0 Å². The lowest BCUT2D eigenvalue weighted by Gasteiger charge is -2.18. The molecule has 0 unspecified atom stereocenters. The highest BCUT2D eigenvalue weighted by Gasteiger charge is 2.22. The first-order valence-electron chi connectivity index (χ1n) is 14.1. The number of nitrogens with zero attached hydrogens (tertiary/aromatic N) is 2. The zero-order chi connectivity index (χ0) is 28.1. The fourth-order valence-corrected chi connectivity index (χ4v) is 6.20. The maximum atomic E-state index is 3.73. The van der Waals surface area contributed by atoms with Crippen LogP contribution in [0.1, 0.15) is 37.5 Å². The second kappa shape index (κ2) is 9.94. The van der Waals surface area contributed by atoms with Crippen molar-refractivity contribution in [2.45, 2.75) is 26.2 Å². The molecule has 5 aromatic carbocycles. The van der Waals surface area contributed by atoms with Crippen LogP contribution in [0.4, 0.5) is 0 Å². The molecular weight excluding hydrogens is 564 g/mol. The summed E-state index contributed by atoms with van der Waals surface area (Å²) < 4.78 is 5.90. The number of hydrogen-bond donors (Lipinski definition) is 0. The molecule has 2 heterocycles. The van der Waals surface area contributed by atoms with Crippen LogP contribution >= 0.6 is 15.9 Å². The highest BCUT2D eigenvalue weighted by atomic mass is 79.9. The predicted molar refractivity (Wildman–Crippen MR) is 179 cm³/mol. The molecule has 0 fully saturated rings. The van der Waals surface area contributed by atoms with Gasteiger partial charge in [-0.3, -0.25) is 0 Å². The number of benzene rings is 5. The fourth-order valence-electron chi connectivity index (χ4n) is 5.85. The van der Waals surface area contributed by atoms with Crippen molar-refractivity contribution in [3.63, 3.8) is 0 Å². The van der Waals surface area contributed by atoms with Crippen LogP contribution < -0.4 is 0 Å². The van der Waals surface area contributed by atoms with Crippen molar-refractivity contribution in [1.29, 1.82) is 0 Å². The van der Waals surface area contributed by atoms with E-state index in [1.807, 2.05) is 0 Å². The van der Waals surface area contributed by atoms with Crippen molar-refractivity contribution in [3.05, 3.63) is 142 Å². The van der Waals surface area contributed by atoms with Crippen molar-refractivity contribution in [1.82, 2.24) is 9.13 Å². The zero-order valence-corrected chi connectivity index (χ0v) is 25.1. The van der Waals surface area contributed by atoms with Crippen LogP contribution in [0.25, 0.3) is 56.4 Å². The summed E-state index contributed by atoms with van der Waals surface area (Å²) in [5.74, 6) is 0. The van der Waals surface area contributed by atoms with Gasteiger partial charge in [0.2, 0.25) is 0 Å². The first-order valence-corrected chi connectivity index (χ1v) is 14.9. The van der Waals surface area contributed by atoms with E-state index >= 15 is 0 Å². The normalized spacial score (nSPS) is 12.3. The molecule has 0 amide bonds. The quantitative estimate of drug-likeness (QED) is 0.179. The number of fused-ring (bicyclic) bond motifs is 5. The Bertz CT molecular complexity index is 2050. The second-order valence-electron chi connectivity index (χ2n) is 11.7. The molecule has 41 heavy (non-hydrogen) atoms. The van der Waals surface area contributed by atoms with Gasteiger partial charge < -0.3 is 9.13 Å². The molecule has 0 bridgehead atoms. The van der Waals surface area contributed by atoms with E-state index in [0.29, 0.717) is 0 Å². The predicted octanol–water partition coefficient (Wildman–Crippen LogP) is 11.0. The van der Waals surface area contributed by atoms with Gasteiger partial charge in [-0.15, -0.1) is 0 Å². The smallest absolute Gasteiger partial charge is 0.0803 e. The van der Waals surface area contributed by atoms with Crippen LogP contribution in [-0.2, 0) is 5.41 Å². The Kier molecular flexibility index (Phi) is 6.21. The highest BCUT2D eigenvalue weighted by Crippen LogP contribution is 2.41.